The van der Waals surface area contributed by atoms with Gasteiger partial charge in [0.1, 0.15) is 0 Å². The molecule has 1 N–H and O–H groups in total. The number of para-hydroxylation sites is 1. The van der Waals surface area contributed by atoms with Gasteiger partial charge in [0.25, 0.3) is 0 Å². The SMILES string of the molecule is CC1=[C-]C(C)C(C)=C1C.COc1[c-]cccc1.C[SiH2].Cl.Cl.[NH-]C1CCCCCCCCCCC1.[Ti+3]. The fraction of sp³-hybridized carbons (Fsp3) is 0.655. The average Bonchev–Trinajstić information content (AvgIpc) is 3.04. The van der Waals surface area contributed by atoms with Crippen LogP contribution in [0, 0.1) is 18.1 Å². The van der Waals surface area contributed by atoms with Gasteiger partial charge < -0.3 is 10.5 Å². The van der Waals surface area contributed by atoms with Crippen molar-refractivity contribution in [3.63, 3.8) is 0 Å². The van der Waals surface area contributed by atoms with Gasteiger partial charge in [-0.2, -0.15) is 29.3 Å². The predicted octanol–water partition coefficient (Wildman–Crippen LogP) is 9.44. The van der Waals surface area contributed by atoms with E-state index in [2.05, 4.69) is 39.8 Å². The van der Waals surface area contributed by atoms with Gasteiger partial charge in [0, 0.05) is 16.0 Å². The molecule has 2 aliphatic rings. The van der Waals surface area contributed by atoms with Crippen LogP contribution in [-0.2, 0) is 21.7 Å². The monoisotopic (exact) mass is 575 g/mol. The molecule has 1 fully saturated rings. The first-order valence-corrected chi connectivity index (χ1v) is 14.1. The Morgan fingerprint density at radius 3 is 1.57 bits per heavy atom. The van der Waals surface area contributed by atoms with E-state index in [1.165, 1.54) is 74.5 Å². The minimum atomic E-state index is 0. The Bertz CT molecular complexity index is 629. The molecule has 0 aromatic heterocycles. The summed E-state index contributed by atoms with van der Waals surface area (Å²) < 4.78 is 4.86. The van der Waals surface area contributed by atoms with Crippen molar-refractivity contribution in [3.05, 3.63) is 58.9 Å². The van der Waals surface area contributed by atoms with E-state index in [1.807, 2.05) is 41.1 Å². The minimum Gasteiger partial charge on any atom is -0.675 e. The summed E-state index contributed by atoms with van der Waals surface area (Å²) in [7, 11) is 3.49. The summed E-state index contributed by atoms with van der Waals surface area (Å²) in [6.45, 7) is 10.7. The van der Waals surface area contributed by atoms with Crippen molar-refractivity contribution in [1.82, 2.24) is 0 Å². The Labute approximate surface area is 248 Å². The maximum atomic E-state index is 7.80. The molecule has 0 aliphatic heterocycles. The van der Waals surface area contributed by atoms with Crippen LogP contribution in [-0.4, -0.2) is 23.4 Å². The fourth-order valence-corrected chi connectivity index (χ4v) is 3.83. The minimum absolute atomic E-state index is 0. The molecule has 3 rings (SSSR count). The van der Waals surface area contributed by atoms with Gasteiger partial charge in [-0.05, 0) is 0 Å². The molecule has 2 radical (unpaired) electrons. The third-order valence-electron chi connectivity index (χ3n) is 6.24. The molecule has 2 aliphatic carbocycles. The molecule has 0 bridgehead atoms. The van der Waals surface area contributed by atoms with E-state index in [9.17, 15) is 0 Å². The third-order valence-corrected chi connectivity index (χ3v) is 6.24. The van der Waals surface area contributed by atoms with Crippen molar-refractivity contribution in [2.75, 3.05) is 7.11 Å². The molecule has 1 unspecified atom stereocenters. The summed E-state index contributed by atoms with van der Waals surface area (Å²) in [5.74, 6) is 1.34. The number of ether oxygens (including phenoxy) is 1. The quantitative estimate of drug-likeness (QED) is 0.242. The van der Waals surface area contributed by atoms with Gasteiger partial charge in [0.05, 0.1) is 7.11 Å². The second-order valence-corrected chi connectivity index (χ2v) is 8.69. The van der Waals surface area contributed by atoms with Crippen LogP contribution in [0.5, 0.6) is 5.75 Å². The molecule has 0 saturated heterocycles. The number of halogens is 2. The molecule has 0 spiro atoms. The van der Waals surface area contributed by atoms with Gasteiger partial charge >= 0.3 is 21.7 Å². The molecule has 1 aromatic rings. The molecular weight excluding hydrogens is 525 g/mol. The number of allylic oxidation sites excluding steroid dienone is 4. The summed E-state index contributed by atoms with van der Waals surface area (Å²) in [4.78, 5) is 0. The van der Waals surface area contributed by atoms with Crippen LogP contribution in [0.4, 0.5) is 0 Å². The average molecular weight is 577 g/mol. The second-order valence-electron chi connectivity index (χ2n) is 8.69. The summed E-state index contributed by atoms with van der Waals surface area (Å²) in [6, 6.07) is 10.6. The van der Waals surface area contributed by atoms with Crippen molar-refractivity contribution in [2.24, 2.45) is 5.92 Å². The van der Waals surface area contributed by atoms with E-state index in [-0.39, 0.29) is 52.6 Å². The molecule has 1 aromatic carbocycles. The first kappa shape index (κ1) is 42.1. The van der Waals surface area contributed by atoms with Crippen LogP contribution in [0.2, 0.25) is 6.55 Å². The zero-order valence-electron chi connectivity index (χ0n) is 23.2. The number of methoxy groups -OCH3 is 1. The molecule has 1 saturated carbocycles. The van der Waals surface area contributed by atoms with E-state index >= 15 is 0 Å². The first-order valence-electron chi connectivity index (χ1n) is 12.7. The van der Waals surface area contributed by atoms with Gasteiger partial charge in [0.2, 0.25) is 0 Å². The molecule has 200 valence electrons. The Morgan fingerprint density at radius 2 is 1.31 bits per heavy atom. The van der Waals surface area contributed by atoms with Crippen LogP contribution in [0.15, 0.2) is 41.0 Å². The van der Waals surface area contributed by atoms with E-state index in [1.54, 1.807) is 7.11 Å². The van der Waals surface area contributed by atoms with Crippen LogP contribution >= 0.6 is 24.8 Å². The van der Waals surface area contributed by atoms with Gasteiger partial charge in [-0.25, -0.2) is 5.57 Å². The van der Waals surface area contributed by atoms with Crippen molar-refractivity contribution in [3.8, 4) is 5.75 Å². The zero-order chi connectivity index (χ0) is 24.2. The molecule has 35 heavy (non-hydrogen) atoms. The fourth-order valence-electron chi connectivity index (χ4n) is 3.83. The van der Waals surface area contributed by atoms with E-state index in [0.717, 1.165) is 18.6 Å². The molecule has 0 heterocycles. The molecule has 6 heteroatoms. The number of nitrogens with one attached hydrogen (secondary N) is 1. The van der Waals surface area contributed by atoms with E-state index in [4.69, 9.17) is 10.5 Å². The Hall–Kier alpha value is -0.0288. The maximum Gasteiger partial charge on any atom is 3.00 e. The van der Waals surface area contributed by atoms with Gasteiger partial charge in [-0.1, -0.05) is 104 Å². The Balaban J connectivity index is -0.000000196. The zero-order valence-corrected chi connectivity index (χ0v) is 27.8. The second kappa shape index (κ2) is 28.5. The van der Waals surface area contributed by atoms with Crippen LogP contribution in [0.1, 0.15) is 98.3 Å². The maximum absolute atomic E-state index is 7.80. The van der Waals surface area contributed by atoms with Gasteiger partial charge in [-0.15, -0.1) is 49.9 Å². The van der Waals surface area contributed by atoms with E-state index < -0.39 is 0 Å². The number of benzene rings is 1. The summed E-state index contributed by atoms with van der Waals surface area (Å²) in [6.07, 6.45) is 18.1. The number of rotatable bonds is 1. The van der Waals surface area contributed by atoms with Crippen molar-refractivity contribution < 1.29 is 26.5 Å². The number of hydrogen-bond donors (Lipinski definition) is 0. The topological polar surface area (TPSA) is 33.0 Å². The van der Waals surface area contributed by atoms with E-state index in [0.29, 0.717) is 5.92 Å². The molecule has 0 amide bonds. The normalized spacial score (nSPS) is 18.3. The Morgan fingerprint density at radius 1 is 0.857 bits per heavy atom. The third kappa shape index (κ3) is 21.7. The molecule has 1 atom stereocenters. The summed E-state index contributed by atoms with van der Waals surface area (Å²) in [5.41, 5.74) is 12.0. The van der Waals surface area contributed by atoms with Crippen molar-refractivity contribution in [1.29, 1.82) is 0 Å². The largest absolute Gasteiger partial charge is 3.00 e. The van der Waals surface area contributed by atoms with Crippen molar-refractivity contribution >= 4 is 35.1 Å². The van der Waals surface area contributed by atoms with Crippen LogP contribution < -0.4 is 4.74 Å². The summed E-state index contributed by atoms with van der Waals surface area (Å²) >= 11 is 0. The Kier molecular flexibility index (Phi) is 34.3. The first-order chi connectivity index (χ1) is 15.5. The van der Waals surface area contributed by atoms with Gasteiger partial charge in [0.15, 0.2) is 0 Å². The number of hydrogen-bond acceptors (Lipinski definition) is 1. The molecular formula is C29H51Cl2NOSiTi. The van der Waals surface area contributed by atoms with Crippen LogP contribution in [0.3, 0.4) is 0 Å². The predicted molar refractivity (Wildman–Crippen MR) is 160 cm³/mol. The van der Waals surface area contributed by atoms with Crippen molar-refractivity contribution in [2.45, 2.75) is 111 Å². The standard InChI is InChI=1S/C12H24N.C9H13.C7H7O.CH5Si.2ClH.Ti/c13-12-10-8-6-4-2-1-3-5-7-9-11-12;1-6-5-7(2)9(4)8(6)3;1-8-7-5-3-2-4-6-7;1-2;;;/h12-13H,1-11H2;6H,1-4H3;2-5H,1H3;2H2,1H3;2*1H;/q3*-1;;;;+3. The van der Waals surface area contributed by atoms with Gasteiger partial charge in [-0.3, -0.25) is 6.08 Å². The summed E-state index contributed by atoms with van der Waals surface area (Å²) in [5, 5.41) is 0. The molecule has 2 nitrogen and oxygen atoms in total. The van der Waals surface area contributed by atoms with Crippen LogP contribution in [0.25, 0.3) is 5.73 Å². The smallest absolute Gasteiger partial charge is 0.675 e.